The first-order valence-corrected chi connectivity index (χ1v) is 4.99. The Hall–Kier alpha value is -1.97. The minimum Gasteiger partial charge on any atom is -0.464 e. The molecule has 1 unspecified atom stereocenters. The summed E-state index contributed by atoms with van der Waals surface area (Å²) in [6.07, 6.45) is 0.120. The number of Topliss-reactive ketones (excluding diaryl/α,β-unsaturated/α-hetero) is 2. The molecular weight excluding hydrogens is 208 g/mol. The van der Waals surface area contributed by atoms with Crippen LogP contribution in [0.25, 0.3) is 0 Å². The number of esters is 1. The second kappa shape index (κ2) is 4.26. The lowest BCUT2D eigenvalue weighted by molar-refractivity contribution is -0.155. The zero-order valence-electron chi connectivity index (χ0n) is 8.51. The maximum Gasteiger partial charge on any atom is 0.324 e. The highest BCUT2D eigenvalue weighted by atomic mass is 16.5. The summed E-state index contributed by atoms with van der Waals surface area (Å²) in [5.74, 6) is -2.83. The Morgan fingerprint density at radius 2 is 1.88 bits per heavy atom. The number of benzene rings is 1. The zero-order chi connectivity index (χ0) is 11.5. The molecule has 1 atom stereocenters. The Morgan fingerprint density at radius 3 is 2.50 bits per heavy atom. The molecule has 0 aromatic heterocycles. The van der Waals surface area contributed by atoms with Crippen LogP contribution in [0.5, 0.6) is 0 Å². The molecule has 1 aromatic rings. The van der Waals surface area contributed by atoms with E-state index in [1.807, 2.05) is 0 Å². The number of hydrogen-bond acceptors (Lipinski definition) is 4. The normalized spacial score (nSPS) is 20.4. The van der Waals surface area contributed by atoms with E-state index >= 15 is 0 Å². The van der Waals surface area contributed by atoms with Gasteiger partial charge in [-0.1, -0.05) is 30.3 Å². The molecule has 1 aromatic carbocycles. The van der Waals surface area contributed by atoms with Gasteiger partial charge in [0.15, 0.2) is 17.5 Å². The fraction of sp³-hybridized carbons (Fsp3) is 0.250. The summed E-state index contributed by atoms with van der Waals surface area (Å²) in [5.41, 5.74) is 0.361. The topological polar surface area (TPSA) is 60.4 Å². The number of hydrogen-bond donors (Lipinski definition) is 0. The van der Waals surface area contributed by atoms with Gasteiger partial charge in [0.05, 0.1) is 6.61 Å². The molecule has 0 aliphatic carbocycles. The predicted octanol–water partition coefficient (Wildman–Crippen LogP) is 1.00. The number of rotatable bonds is 2. The molecule has 0 saturated carbocycles. The quantitative estimate of drug-likeness (QED) is 0.422. The van der Waals surface area contributed by atoms with Crippen LogP contribution in [0, 0.1) is 5.92 Å². The van der Waals surface area contributed by atoms with E-state index in [-0.39, 0.29) is 18.8 Å². The SMILES string of the molecule is O=C1CCOC(=O)C1C(=O)c1ccccc1. The Labute approximate surface area is 92.2 Å². The van der Waals surface area contributed by atoms with Gasteiger partial charge in [-0.3, -0.25) is 14.4 Å². The van der Waals surface area contributed by atoms with E-state index in [1.165, 1.54) is 0 Å². The molecular formula is C12H10O4. The monoisotopic (exact) mass is 218 g/mol. The van der Waals surface area contributed by atoms with Gasteiger partial charge in [-0.15, -0.1) is 0 Å². The van der Waals surface area contributed by atoms with Crippen LogP contribution in [0.2, 0.25) is 0 Å². The Morgan fingerprint density at radius 1 is 1.19 bits per heavy atom. The van der Waals surface area contributed by atoms with Crippen molar-refractivity contribution in [2.24, 2.45) is 5.92 Å². The average Bonchev–Trinajstić information content (AvgIpc) is 2.30. The third kappa shape index (κ3) is 1.86. The smallest absolute Gasteiger partial charge is 0.324 e. The van der Waals surface area contributed by atoms with Gasteiger partial charge in [0.1, 0.15) is 0 Å². The van der Waals surface area contributed by atoms with E-state index in [1.54, 1.807) is 30.3 Å². The molecule has 1 aliphatic rings. The van der Waals surface area contributed by atoms with Crippen LogP contribution in [0.15, 0.2) is 30.3 Å². The molecule has 4 heteroatoms. The summed E-state index contributed by atoms with van der Waals surface area (Å²) in [7, 11) is 0. The van der Waals surface area contributed by atoms with Crippen molar-refractivity contribution in [3.63, 3.8) is 0 Å². The van der Waals surface area contributed by atoms with E-state index in [2.05, 4.69) is 0 Å². The summed E-state index contributed by atoms with van der Waals surface area (Å²) < 4.78 is 4.72. The highest BCUT2D eigenvalue weighted by Crippen LogP contribution is 2.17. The zero-order valence-corrected chi connectivity index (χ0v) is 8.51. The highest BCUT2D eigenvalue weighted by Gasteiger charge is 2.38. The molecule has 0 amide bonds. The molecule has 1 saturated heterocycles. The van der Waals surface area contributed by atoms with Crippen molar-refractivity contribution in [2.75, 3.05) is 6.61 Å². The van der Waals surface area contributed by atoms with Crippen LogP contribution in [-0.2, 0) is 14.3 Å². The lowest BCUT2D eigenvalue weighted by Gasteiger charge is -2.18. The third-order valence-electron chi connectivity index (χ3n) is 2.47. The lowest BCUT2D eigenvalue weighted by atomic mass is 9.91. The van der Waals surface area contributed by atoms with Crippen LogP contribution >= 0.6 is 0 Å². The first-order valence-electron chi connectivity index (χ1n) is 4.99. The van der Waals surface area contributed by atoms with Crippen LogP contribution in [0.4, 0.5) is 0 Å². The van der Waals surface area contributed by atoms with E-state index in [0.717, 1.165) is 0 Å². The first kappa shape index (κ1) is 10.5. The maximum atomic E-state index is 11.9. The highest BCUT2D eigenvalue weighted by molar-refractivity contribution is 6.23. The second-order valence-corrected chi connectivity index (χ2v) is 3.55. The lowest BCUT2D eigenvalue weighted by Crippen LogP contribution is -2.38. The van der Waals surface area contributed by atoms with Gasteiger partial charge in [0.2, 0.25) is 0 Å². The predicted molar refractivity (Wildman–Crippen MR) is 54.8 cm³/mol. The van der Waals surface area contributed by atoms with Crippen molar-refractivity contribution in [1.82, 2.24) is 0 Å². The third-order valence-corrected chi connectivity index (χ3v) is 2.47. The minimum absolute atomic E-state index is 0.0796. The Bertz CT molecular complexity index is 420. The summed E-state index contributed by atoms with van der Waals surface area (Å²) in [5, 5.41) is 0. The van der Waals surface area contributed by atoms with Crippen LogP contribution in [-0.4, -0.2) is 24.1 Å². The van der Waals surface area contributed by atoms with Gasteiger partial charge < -0.3 is 4.74 Å². The molecule has 0 N–H and O–H groups in total. The van der Waals surface area contributed by atoms with Crippen molar-refractivity contribution in [1.29, 1.82) is 0 Å². The molecule has 1 fully saturated rings. The molecule has 2 rings (SSSR count). The molecule has 0 bridgehead atoms. The van der Waals surface area contributed by atoms with Crippen molar-refractivity contribution in [3.8, 4) is 0 Å². The largest absolute Gasteiger partial charge is 0.464 e. The van der Waals surface area contributed by atoms with Gasteiger partial charge in [0, 0.05) is 12.0 Å². The fourth-order valence-corrected chi connectivity index (χ4v) is 1.63. The molecule has 1 aliphatic heterocycles. The van der Waals surface area contributed by atoms with Crippen molar-refractivity contribution in [3.05, 3.63) is 35.9 Å². The average molecular weight is 218 g/mol. The van der Waals surface area contributed by atoms with Crippen molar-refractivity contribution < 1.29 is 19.1 Å². The van der Waals surface area contributed by atoms with Gasteiger partial charge in [-0.05, 0) is 0 Å². The summed E-state index contributed by atoms with van der Waals surface area (Å²) in [6, 6.07) is 8.30. The van der Waals surface area contributed by atoms with Gasteiger partial charge in [-0.25, -0.2) is 0 Å². The molecule has 1 heterocycles. The minimum atomic E-state index is -1.27. The van der Waals surface area contributed by atoms with Gasteiger partial charge in [-0.2, -0.15) is 0 Å². The fourth-order valence-electron chi connectivity index (χ4n) is 1.63. The number of ether oxygens (including phenoxy) is 1. The van der Waals surface area contributed by atoms with E-state index in [0.29, 0.717) is 5.56 Å². The number of cyclic esters (lactones) is 1. The van der Waals surface area contributed by atoms with Crippen molar-refractivity contribution >= 4 is 17.5 Å². The molecule has 16 heavy (non-hydrogen) atoms. The Balaban J connectivity index is 2.27. The molecule has 0 spiro atoms. The standard InChI is InChI=1S/C12H10O4/c13-9-6-7-16-12(15)10(9)11(14)8-4-2-1-3-5-8/h1-5,10H,6-7H2. The Kier molecular flexibility index (Phi) is 2.81. The first-order chi connectivity index (χ1) is 7.70. The van der Waals surface area contributed by atoms with Crippen LogP contribution < -0.4 is 0 Å². The van der Waals surface area contributed by atoms with Crippen LogP contribution in [0.1, 0.15) is 16.8 Å². The maximum absolute atomic E-state index is 11.9. The molecule has 82 valence electrons. The molecule has 4 nitrogen and oxygen atoms in total. The van der Waals surface area contributed by atoms with Crippen molar-refractivity contribution in [2.45, 2.75) is 6.42 Å². The van der Waals surface area contributed by atoms with Crippen LogP contribution in [0.3, 0.4) is 0 Å². The van der Waals surface area contributed by atoms with E-state index in [9.17, 15) is 14.4 Å². The summed E-state index contributed by atoms with van der Waals surface area (Å²) in [4.78, 5) is 34.8. The second-order valence-electron chi connectivity index (χ2n) is 3.55. The number of carbonyl (C=O) groups excluding carboxylic acids is 3. The number of ketones is 2. The van der Waals surface area contributed by atoms with E-state index in [4.69, 9.17) is 4.74 Å². The van der Waals surface area contributed by atoms with E-state index < -0.39 is 17.7 Å². The molecule has 0 radical (unpaired) electrons. The summed E-state index contributed by atoms with van der Waals surface area (Å²) >= 11 is 0. The summed E-state index contributed by atoms with van der Waals surface area (Å²) in [6.45, 7) is 0.0796. The number of carbonyl (C=O) groups is 3. The van der Waals surface area contributed by atoms with Gasteiger partial charge >= 0.3 is 5.97 Å². The van der Waals surface area contributed by atoms with Gasteiger partial charge in [0.25, 0.3) is 0 Å².